The summed E-state index contributed by atoms with van der Waals surface area (Å²) >= 11 is 6.21. The molecule has 1 aromatic rings. The summed E-state index contributed by atoms with van der Waals surface area (Å²) in [6.45, 7) is 2.46. The number of ether oxygens (including phenoxy) is 1. The molecule has 6 heteroatoms. The Hall–Kier alpha value is -1.72. The molecule has 0 amide bonds. The number of aliphatic imine (C=N–C) groups is 2. The zero-order valence-electron chi connectivity index (χ0n) is 13.4. The zero-order valence-corrected chi connectivity index (χ0v) is 14.1. The maximum Gasteiger partial charge on any atom is 0.335 e. The molecule has 0 spiro atoms. The number of aromatic carboxylic acids is 1. The van der Waals surface area contributed by atoms with Crippen LogP contribution in [0.1, 0.15) is 42.1 Å². The van der Waals surface area contributed by atoms with Crippen molar-refractivity contribution in [2.45, 2.75) is 38.3 Å². The van der Waals surface area contributed by atoms with Crippen molar-refractivity contribution < 1.29 is 14.6 Å². The molecule has 0 saturated carbocycles. The van der Waals surface area contributed by atoms with E-state index >= 15 is 0 Å². The molecule has 1 unspecified atom stereocenters. The number of methoxy groups -OCH3 is 1. The fourth-order valence-corrected chi connectivity index (χ4v) is 2.88. The second-order valence-electron chi connectivity index (χ2n) is 5.66. The lowest BCUT2D eigenvalue weighted by Crippen LogP contribution is -2.25. The molecule has 0 fully saturated rings. The van der Waals surface area contributed by atoms with Crippen LogP contribution in [0.2, 0.25) is 0 Å². The number of hydrogen-bond acceptors (Lipinski definition) is 4. The monoisotopic (exact) mass is 336 g/mol. The highest BCUT2D eigenvalue weighted by Gasteiger charge is 2.35. The van der Waals surface area contributed by atoms with Crippen LogP contribution in [0, 0.1) is 0 Å². The maximum absolute atomic E-state index is 10.9. The first-order chi connectivity index (χ1) is 11.0. The summed E-state index contributed by atoms with van der Waals surface area (Å²) in [5.74, 6) is -0.931. The molecule has 0 saturated heterocycles. The minimum absolute atomic E-state index is 0.271. The van der Waals surface area contributed by atoms with Crippen molar-refractivity contribution >= 4 is 28.5 Å². The van der Waals surface area contributed by atoms with E-state index in [1.807, 2.05) is 12.1 Å². The van der Waals surface area contributed by atoms with Crippen LogP contribution in [0.25, 0.3) is 0 Å². The minimum atomic E-state index is -0.931. The van der Waals surface area contributed by atoms with Gasteiger partial charge in [0, 0.05) is 13.5 Å². The van der Waals surface area contributed by atoms with E-state index in [4.69, 9.17) is 26.4 Å². The van der Waals surface area contributed by atoms with Crippen LogP contribution in [0.5, 0.6) is 0 Å². The molecular formula is C17H21ClN2O3. The minimum Gasteiger partial charge on any atom is -0.478 e. The van der Waals surface area contributed by atoms with Gasteiger partial charge in [0.1, 0.15) is 10.9 Å². The largest absolute Gasteiger partial charge is 0.478 e. The molecule has 0 aliphatic carbocycles. The predicted molar refractivity (Wildman–Crippen MR) is 92.0 cm³/mol. The quantitative estimate of drug-likeness (QED) is 0.789. The van der Waals surface area contributed by atoms with Crippen LogP contribution in [0.4, 0.5) is 0 Å². The van der Waals surface area contributed by atoms with E-state index in [0.29, 0.717) is 23.9 Å². The van der Waals surface area contributed by atoms with Crippen molar-refractivity contribution in [3.8, 4) is 0 Å². The van der Waals surface area contributed by atoms with Crippen LogP contribution in [0.3, 0.4) is 0 Å². The lowest BCUT2D eigenvalue weighted by Gasteiger charge is -2.23. The molecule has 1 heterocycles. The van der Waals surface area contributed by atoms with Crippen LogP contribution < -0.4 is 0 Å². The van der Waals surface area contributed by atoms with Crippen LogP contribution >= 0.6 is 11.6 Å². The van der Waals surface area contributed by atoms with Crippen molar-refractivity contribution in [1.82, 2.24) is 0 Å². The van der Waals surface area contributed by atoms with Gasteiger partial charge in [-0.05, 0) is 30.5 Å². The van der Waals surface area contributed by atoms with Gasteiger partial charge in [-0.2, -0.15) is 0 Å². The second kappa shape index (κ2) is 7.70. The smallest absolute Gasteiger partial charge is 0.335 e. The summed E-state index contributed by atoms with van der Waals surface area (Å²) in [7, 11) is 1.60. The first-order valence-electron chi connectivity index (χ1n) is 7.65. The first kappa shape index (κ1) is 17.6. The lowest BCUT2D eigenvalue weighted by molar-refractivity contribution is 0.0697. The molecule has 0 aromatic heterocycles. The van der Waals surface area contributed by atoms with Gasteiger partial charge in [-0.3, -0.25) is 4.99 Å². The average molecular weight is 337 g/mol. The SMILES string of the molecule is CCCCC1(Cc2ccc(C(=O)O)cc2)N=C(Cl)C(COC)=N1. The highest BCUT2D eigenvalue weighted by Crippen LogP contribution is 2.31. The normalized spacial score (nSPS) is 20.3. The number of unbranched alkanes of at least 4 members (excludes halogenated alkanes) is 1. The van der Waals surface area contributed by atoms with Crippen molar-refractivity contribution in [3.05, 3.63) is 35.4 Å². The number of carboxylic acids is 1. The molecule has 1 atom stereocenters. The molecule has 2 rings (SSSR count). The van der Waals surface area contributed by atoms with Gasteiger partial charge in [0.05, 0.1) is 12.2 Å². The number of hydrogen-bond donors (Lipinski definition) is 1. The molecule has 5 nitrogen and oxygen atoms in total. The molecule has 0 radical (unpaired) electrons. The van der Waals surface area contributed by atoms with E-state index in [2.05, 4.69) is 11.9 Å². The first-order valence-corrected chi connectivity index (χ1v) is 8.03. The Morgan fingerprint density at radius 3 is 2.57 bits per heavy atom. The highest BCUT2D eigenvalue weighted by atomic mass is 35.5. The second-order valence-corrected chi connectivity index (χ2v) is 6.02. The molecule has 23 heavy (non-hydrogen) atoms. The van der Waals surface area contributed by atoms with Crippen molar-refractivity contribution in [3.63, 3.8) is 0 Å². The maximum atomic E-state index is 10.9. The van der Waals surface area contributed by atoms with Crippen LogP contribution in [-0.4, -0.2) is 41.3 Å². The molecule has 0 bridgehead atoms. The Labute approximate surface area is 141 Å². The molecule has 124 valence electrons. The van der Waals surface area contributed by atoms with Crippen molar-refractivity contribution in [1.29, 1.82) is 0 Å². The number of benzene rings is 1. The van der Waals surface area contributed by atoms with Gasteiger partial charge in [-0.1, -0.05) is 37.1 Å². The Morgan fingerprint density at radius 2 is 2.00 bits per heavy atom. The third-order valence-corrected chi connectivity index (χ3v) is 4.09. The lowest BCUT2D eigenvalue weighted by atomic mass is 9.95. The van der Waals surface area contributed by atoms with Crippen LogP contribution in [0.15, 0.2) is 34.3 Å². The molecule has 1 aliphatic rings. The third kappa shape index (κ3) is 4.39. The van der Waals surface area contributed by atoms with Gasteiger partial charge in [-0.15, -0.1) is 0 Å². The van der Waals surface area contributed by atoms with Gasteiger partial charge in [0.15, 0.2) is 5.66 Å². The fourth-order valence-electron chi connectivity index (χ4n) is 2.63. The van der Waals surface area contributed by atoms with E-state index in [1.54, 1.807) is 19.2 Å². The van der Waals surface area contributed by atoms with E-state index < -0.39 is 11.6 Å². The van der Waals surface area contributed by atoms with Gasteiger partial charge in [0.2, 0.25) is 0 Å². The molecular weight excluding hydrogens is 316 g/mol. The number of halogens is 1. The van der Waals surface area contributed by atoms with Crippen molar-refractivity contribution in [2.75, 3.05) is 13.7 Å². The fraction of sp³-hybridized carbons (Fsp3) is 0.471. The van der Waals surface area contributed by atoms with E-state index in [1.165, 1.54) is 0 Å². The summed E-state index contributed by atoms with van der Waals surface area (Å²) in [5.41, 5.74) is 1.33. The topological polar surface area (TPSA) is 71.2 Å². The van der Waals surface area contributed by atoms with Crippen molar-refractivity contribution in [2.24, 2.45) is 9.98 Å². The number of rotatable bonds is 8. The Morgan fingerprint density at radius 1 is 1.30 bits per heavy atom. The zero-order chi connectivity index (χ0) is 16.9. The summed E-state index contributed by atoms with van der Waals surface area (Å²) in [4.78, 5) is 20.3. The molecule has 1 aromatic carbocycles. The summed E-state index contributed by atoms with van der Waals surface area (Å²) in [6, 6.07) is 6.82. The molecule has 1 aliphatic heterocycles. The number of carboxylic acid groups (broad SMARTS) is 1. The third-order valence-electron chi connectivity index (χ3n) is 3.79. The van der Waals surface area contributed by atoms with Gasteiger partial charge in [0.25, 0.3) is 0 Å². The average Bonchev–Trinajstić information content (AvgIpc) is 2.82. The van der Waals surface area contributed by atoms with Gasteiger partial charge < -0.3 is 9.84 Å². The Kier molecular flexibility index (Phi) is 5.91. The summed E-state index contributed by atoms with van der Waals surface area (Å²) < 4.78 is 5.12. The summed E-state index contributed by atoms with van der Waals surface area (Å²) in [6.07, 6.45) is 3.43. The Balaban J connectivity index is 2.24. The van der Waals surface area contributed by atoms with E-state index in [-0.39, 0.29) is 5.56 Å². The highest BCUT2D eigenvalue weighted by molar-refractivity contribution is 6.84. The van der Waals surface area contributed by atoms with E-state index in [9.17, 15) is 4.79 Å². The predicted octanol–water partition coefficient (Wildman–Crippen LogP) is 3.55. The molecule has 1 N–H and O–H groups in total. The van der Waals surface area contributed by atoms with Gasteiger partial charge in [-0.25, -0.2) is 9.79 Å². The van der Waals surface area contributed by atoms with Gasteiger partial charge >= 0.3 is 5.97 Å². The van der Waals surface area contributed by atoms with E-state index in [0.717, 1.165) is 24.8 Å². The standard InChI is InChI=1S/C17H21ClN2O3/c1-3-4-9-17(19-14(11-23-2)15(18)20-17)10-12-5-7-13(8-6-12)16(21)22/h5-8H,3-4,9-11H2,1-2H3,(H,21,22). The Bertz CT molecular complexity index is 625. The number of carbonyl (C=O) groups is 1. The summed E-state index contributed by atoms with van der Waals surface area (Å²) in [5, 5.41) is 9.39. The number of nitrogens with zero attached hydrogens (tertiary/aromatic N) is 2. The van der Waals surface area contributed by atoms with Crippen LogP contribution in [-0.2, 0) is 11.2 Å².